The normalized spacial score (nSPS) is 10.5. The van der Waals surface area contributed by atoms with Crippen LogP contribution >= 0.6 is 11.3 Å². The van der Waals surface area contributed by atoms with E-state index >= 15 is 0 Å². The first-order chi connectivity index (χ1) is 13.0. The van der Waals surface area contributed by atoms with Gasteiger partial charge in [0.25, 0.3) is 5.91 Å². The van der Waals surface area contributed by atoms with E-state index in [1.165, 1.54) is 18.4 Å². The van der Waals surface area contributed by atoms with E-state index in [1.807, 2.05) is 19.1 Å². The predicted molar refractivity (Wildman–Crippen MR) is 101 cm³/mol. The zero-order valence-electron chi connectivity index (χ0n) is 15.1. The zero-order valence-corrected chi connectivity index (χ0v) is 15.9. The van der Waals surface area contributed by atoms with Crippen molar-refractivity contribution in [2.45, 2.75) is 13.8 Å². The molecule has 7 nitrogen and oxygen atoms in total. The largest absolute Gasteiger partial charge is 0.482 e. The molecule has 1 amide bonds. The molecular weight excluding hydrogens is 368 g/mol. The minimum absolute atomic E-state index is 0.169. The van der Waals surface area contributed by atoms with Crippen LogP contribution < -0.4 is 10.1 Å². The van der Waals surface area contributed by atoms with Crippen LogP contribution in [0.15, 0.2) is 40.8 Å². The lowest BCUT2D eigenvalue weighted by Crippen LogP contribution is -2.13. The molecule has 3 rings (SSSR count). The van der Waals surface area contributed by atoms with E-state index < -0.39 is 5.97 Å². The molecule has 27 heavy (non-hydrogen) atoms. The second-order valence-electron chi connectivity index (χ2n) is 5.69. The summed E-state index contributed by atoms with van der Waals surface area (Å²) in [6.45, 7) is 3.47. The Balaban J connectivity index is 1.67. The summed E-state index contributed by atoms with van der Waals surface area (Å²) in [5.41, 5.74) is 1.24. The van der Waals surface area contributed by atoms with Gasteiger partial charge in [-0.2, -0.15) is 0 Å². The molecule has 0 aliphatic heterocycles. The summed E-state index contributed by atoms with van der Waals surface area (Å²) in [5.74, 6) is 1.23. The van der Waals surface area contributed by atoms with Crippen LogP contribution in [-0.2, 0) is 9.53 Å². The Bertz CT molecular complexity index is 959. The van der Waals surface area contributed by atoms with Crippen molar-refractivity contribution < 1.29 is 23.5 Å². The molecule has 0 saturated heterocycles. The number of thiazole rings is 1. The third kappa shape index (κ3) is 4.53. The zero-order chi connectivity index (χ0) is 19.4. The van der Waals surface area contributed by atoms with Gasteiger partial charge in [-0.05, 0) is 50.2 Å². The van der Waals surface area contributed by atoms with Crippen molar-refractivity contribution in [1.29, 1.82) is 0 Å². The number of rotatable bonds is 6. The molecule has 0 aliphatic carbocycles. The van der Waals surface area contributed by atoms with Crippen molar-refractivity contribution in [1.82, 2.24) is 4.98 Å². The number of benzene rings is 1. The van der Waals surface area contributed by atoms with Gasteiger partial charge in [0, 0.05) is 5.69 Å². The monoisotopic (exact) mass is 386 g/mol. The smallest absolute Gasteiger partial charge is 0.343 e. The summed E-state index contributed by atoms with van der Waals surface area (Å²) in [5, 5.41) is 3.49. The molecule has 0 spiro atoms. The highest BCUT2D eigenvalue weighted by atomic mass is 32.1. The summed E-state index contributed by atoms with van der Waals surface area (Å²) < 4.78 is 15.3. The van der Waals surface area contributed by atoms with Gasteiger partial charge in [0.05, 0.1) is 12.8 Å². The van der Waals surface area contributed by atoms with Gasteiger partial charge in [-0.3, -0.25) is 4.79 Å². The van der Waals surface area contributed by atoms with E-state index in [9.17, 15) is 9.59 Å². The van der Waals surface area contributed by atoms with Crippen molar-refractivity contribution in [3.8, 4) is 16.5 Å². The lowest BCUT2D eigenvalue weighted by Gasteiger charge is -2.07. The number of esters is 1. The van der Waals surface area contributed by atoms with Crippen molar-refractivity contribution in [3.63, 3.8) is 0 Å². The molecule has 0 aliphatic rings. The third-order valence-corrected chi connectivity index (χ3v) is 4.82. The quantitative estimate of drug-likeness (QED) is 0.648. The molecule has 0 unspecified atom stereocenters. The van der Waals surface area contributed by atoms with E-state index in [2.05, 4.69) is 15.0 Å². The molecule has 2 aromatic heterocycles. The van der Waals surface area contributed by atoms with Crippen molar-refractivity contribution >= 4 is 28.9 Å². The van der Waals surface area contributed by atoms with Gasteiger partial charge < -0.3 is 19.2 Å². The highest BCUT2D eigenvalue weighted by molar-refractivity contribution is 7.17. The highest BCUT2D eigenvalue weighted by Gasteiger charge is 2.18. The number of furan rings is 1. The molecular formula is C19H18N2O5S. The lowest BCUT2D eigenvalue weighted by atomic mass is 10.3. The summed E-state index contributed by atoms with van der Waals surface area (Å²) in [4.78, 5) is 28.6. The van der Waals surface area contributed by atoms with Gasteiger partial charge in [0.15, 0.2) is 17.4 Å². The maximum absolute atomic E-state index is 12.6. The molecule has 3 aromatic rings. The van der Waals surface area contributed by atoms with Crippen LogP contribution in [0.2, 0.25) is 0 Å². The molecule has 0 bridgehead atoms. The van der Waals surface area contributed by atoms with Crippen LogP contribution in [0.5, 0.6) is 5.75 Å². The molecule has 0 atom stereocenters. The lowest BCUT2D eigenvalue weighted by molar-refractivity contribution is -0.142. The molecule has 1 N–H and O–H groups in total. The summed E-state index contributed by atoms with van der Waals surface area (Å²) in [6.07, 6.45) is 0. The van der Waals surface area contributed by atoms with E-state index in [1.54, 1.807) is 31.2 Å². The van der Waals surface area contributed by atoms with Crippen molar-refractivity contribution in [3.05, 3.63) is 52.7 Å². The molecule has 0 saturated carbocycles. The first kappa shape index (κ1) is 18.7. The summed E-state index contributed by atoms with van der Waals surface area (Å²) in [7, 11) is 1.30. The Hall–Kier alpha value is -3.13. The number of nitrogens with zero attached hydrogens (tertiary/aromatic N) is 1. The molecule has 0 fully saturated rings. The van der Waals surface area contributed by atoms with E-state index in [-0.39, 0.29) is 12.5 Å². The topological polar surface area (TPSA) is 90.7 Å². The predicted octanol–water partition coefficient (Wildman–Crippen LogP) is 3.82. The molecule has 8 heteroatoms. The third-order valence-electron chi connectivity index (χ3n) is 3.65. The minimum Gasteiger partial charge on any atom is -0.482 e. The maximum Gasteiger partial charge on any atom is 0.343 e. The highest BCUT2D eigenvalue weighted by Crippen LogP contribution is 2.30. The van der Waals surface area contributed by atoms with Crippen LogP contribution in [0.4, 0.5) is 5.69 Å². The van der Waals surface area contributed by atoms with Gasteiger partial charge in [-0.15, -0.1) is 11.3 Å². The van der Waals surface area contributed by atoms with Gasteiger partial charge in [0.1, 0.15) is 16.4 Å². The number of amides is 1. The molecule has 1 aromatic carbocycles. The van der Waals surface area contributed by atoms with Crippen molar-refractivity contribution in [2.24, 2.45) is 0 Å². The van der Waals surface area contributed by atoms with Crippen LogP contribution in [0.3, 0.4) is 0 Å². The van der Waals surface area contributed by atoms with Crippen LogP contribution in [0.1, 0.15) is 21.1 Å². The Morgan fingerprint density at radius 3 is 2.52 bits per heavy atom. The average Bonchev–Trinajstić information content (AvgIpc) is 3.26. The number of anilines is 1. The maximum atomic E-state index is 12.6. The number of hydrogen-bond donors (Lipinski definition) is 1. The number of aryl methyl sites for hydroxylation is 2. The average molecular weight is 386 g/mol. The fourth-order valence-corrected chi connectivity index (χ4v) is 3.21. The molecule has 2 heterocycles. The number of nitrogens with one attached hydrogen (secondary N) is 1. The summed E-state index contributed by atoms with van der Waals surface area (Å²) >= 11 is 1.28. The van der Waals surface area contributed by atoms with E-state index in [0.29, 0.717) is 32.8 Å². The Labute approximate surface area is 159 Å². The van der Waals surface area contributed by atoms with Crippen molar-refractivity contribution in [2.75, 3.05) is 19.0 Å². The SMILES string of the molecule is COC(=O)COc1ccc(NC(=O)c2sc(-c3ccc(C)o3)nc2C)cc1. The number of methoxy groups -OCH3 is 1. The van der Waals surface area contributed by atoms with Crippen LogP contribution in [0.25, 0.3) is 10.8 Å². The number of carbonyl (C=O) groups excluding carboxylic acids is 2. The Morgan fingerprint density at radius 2 is 1.89 bits per heavy atom. The Kier molecular flexibility index (Phi) is 5.56. The number of hydrogen-bond acceptors (Lipinski definition) is 7. The van der Waals surface area contributed by atoms with E-state index in [4.69, 9.17) is 9.15 Å². The number of aromatic nitrogens is 1. The van der Waals surface area contributed by atoms with Gasteiger partial charge in [-0.1, -0.05) is 0 Å². The summed E-state index contributed by atoms with van der Waals surface area (Å²) in [6, 6.07) is 10.4. The van der Waals surface area contributed by atoms with Crippen LogP contribution in [-0.4, -0.2) is 30.6 Å². The van der Waals surface area contributed by atoms with Crippen LogP contribution in [0, 0.1) is 13.8 Å². The van der Waals surface area contributed by atoms with Gasteiger partial charge in [-0.25, -0.2) is 9.78 Å². The number of ether oxygens (including phenoxy) is 2. The second-order valence-corrected chi connectivity index (χ2v) is 6.69. The molecule has 0 radical (unpaired) electrons. The first-order valence-corrected chi connectivity index (χ1v) is 8.93. The van der Waals surface area contributed by atoms with Gasteiger partial charge >= 0.3 is 5.97 Å². The second kappa shape index (κ2) is 8.05. The minimum atomic E-state index is -0.462. The first-order valence-electron chi connectivity index (χ1n) is 8.11. The van der Waals surface area contributed by atoms with Gasteiger partial charge in [0.2, 0.25) is 0 Å². The fraction of sp³-hybridized carbons (Fsp3) is 0.211. The number of carbonyl (C=O) groups is 2. The molecule has 140 valence electrons. The fourth-order valence-electron chi connectivity index (χ4n) is 2.29. The standard InChI is InChI=1S/C19H18N2O5S/c1-11-4-9-15(26-11)19-20-12(2)17(27-19)18(23)21-13-5-7-14(8-6-13)25-10-16(22)24-3/h4-9H,10H2,1-3H3,(H,21,23). The Morgan fingerprint density at radius 1 is 1.15 bits per heavy atom. The van der Waals surface area contributed by atoms with E-state index in [0.717, 1.165) is 5.76 Å².